The average molecular weight is 361 g/mol. The highest BCUT2D eigenvalue weighted by Crippen LogP contribution is 2.22. The number of rotatable bonds is 5. The molecule has 0 spiro atoms. The second-order valence-electron chi connectivity index (χ2n) is 5.88. The molecule has 1 aliphatic rings. The highest BCUT2D eigenvalue weighted by molar-refractivity contribution is 7.89. The Kier molecular flexibility index (Phi) is 5.45. The first-order chi connectivity index (χ1) is 12.1. The molecule has 2 aromatic rings. The standard InChI is InChI=1S/C18H20FN3O2S/c19-16-8-10-17(11-9-16)21-20-14-15-6-2-3-7-18(15)25(23,24)22-12-4-1-5-13-22/h2-3,6-11,14,21H,1,4-5,12-13H2. The van der Waals surface area contributed by atoms with E-state index in [0.717, 1.165) is 19.3 Å². The Morgan fingerprint density at radius 1 is 1.00 bits per heavy atom. The van der Waals surface area contributed by atoms with Gasteiger partial charge in [-0.15, -0.1) is 0 Å². The third-order valence-corrected chi connectivity index (χ3v) is 6.07. The Labute approximate surface area is 147 Å². The molecule has 5 nitrogen and oxygen atoms in total. The molecular formula is C18H20FN3O2S. The Morgan fingerprint density at radius 2 is 1.68 bits per heavy atom. The second kappa shape index (κ2) is 7.76. The van der Waals surface area contributed by atoms with Gasteiger partial charge in [-0.3, -0.25) is 5.43 Å². The lowest BCUT2D eigenvalue weighted by atomic mass is 10.2. The number of anilines is 1. The summed E-state index contributed by atoms with van der Waals surface area (Å²) in [4.78, 5) is 0.251. The molecule has 1 saturated heterocycles. The van der Waals surface area contributed by atoms with Crippen molar-refractivity contribution < 1.29 is 12.8 Å². The van der Waals surface area contributed by atoms with Gasteiger partial charge in [0.05, 0.1) is 16.8 Å². The topological polar surface area (TPSA) is 61.8 Å². The largest absolute Gasteiger partial charge is 0.279 e. The molecule has 0 unspecified atom stereocenters. The third-order valence-electron chi connectivity index (χ3n) is 4.09. The highest BCUT2D eigenvalue weighted by atomic mass is 32.2. The lowest BCUT2D eigenvalue weighted by Gasteiger charge is -2.26. The van der Waals surface area contributed by atoms with Crippen molar-refractivity contribution in [2.75, 3.05) is 18.5 Å². The highest BCUT2D eigenvalue weighted by Gasteiger charge is 2.27. The SMILES string of the molecule is O=S(=O)(c1ccccc1C=NNc1ccc(F)cc1)N1CCCCC1. The van der Waals surface area contributed by atoms with Gasteiger partial charge in [0.1, 0.15) is 5.82 Å². The van der Waals surface area contributed by atoms with E-state index < -0.39 is 10.0 Å². The van der Waals surface area contributed by atoms with Crippen LogP contribution in [0.4, 0.5) is 10.1 Å². The normalized spacial score (nSPS) is 16.2. The molecule has 0 saturated carbocycles. The third kappa shape index (κ3) is 4.24. The minimum Gasteiger partial charge on any atom is -0.279 e. The molecule has 2 aromatic carbocycles. The van der Waals surface area contributed by atoms with Crippen molar-refractivity contribution in [2.24, 2.45) is 5.10 Å². The Hall–Kier alpha value is -2.25. The molecular weight excluding hydrogens is 341 g/mol. The average Bonchev–Trinajstić information content (AvgIpc) is 2.64. The van der Waals surface area contributed by atoms with E-state index in [2.05, 4.69) is 10.5 Å². The predicted molar refractivity (Wildman–Crippen MR) is 96.7 cm³/mol. The number of halogens is 1. The van der Waals surface area contributed by atoms with E-state index in [1.165, 1.54) is 22.7 Å². The molecule has 0 atom stereocenters. The van der Waals surface area contributed by atoms with Crippen LogP contribution in [0.5, 0.6) is 0 Å². The van der Waals surface area contributed by atoms with Gasteiger partial charge >= 0.3 is 0 Å². The lowest BCUT2D eigenvalue weighted by Crippen LogP contribution is -2.36. The van der Waals surface area contributed by atoms with E-state index in [9.17, 15) is 12.8 Å². The second-order valence-corrected chi connectivity index (χ2v) is 7.79. The van der Waals surface area contributed by atoms with Gasteiger partial charge in [-0.25, -0.2) is 12.8 Å². The maximum Gasteiger partial charge on any atom is 0.243 e. The van der Waals surface area contributed by atoms with Crippen LogP contribution in [0.3, 0.4) is 0 Å². The number of piperidine rings is 1. The van der Waals surface area contributed by atoms with E-state index in [1.54, 1.807) is 36.4 Å². The zero-order chi connectivity index (χ0) is 17.7. The molecule has 0 amide bonds. The van der Waals surface area contributed by atoms with Crippen LogP contribution in [0.15, 0.2) is 58.5 Å². The van der Waals surface area contributed by atoms with Crippen molar-refractivity contribution in [1.82, 2.24) is 4.31 Å². The number of hydrogen-bond donors (Lipinski definition) is 1. The fraction of sp³-hybridized carbons (Fsp3) is 0.278. The summed E-state index contributed by atoms with van der Waals surface area (Å²) in [6.07, 6.45) is 4.32. The van der Waals surface area contributed by atoms with Crippen LogP contribution in [0, 0.1) is 5.82 Å². The first-order valence-corrected chi connectivity index (χ1v) is 9.65. The summed E-state index contributed by atoms with van der Waals surface area (Å²) < 4.78 is 40.2. The first-order valence-electron chi connectivity index (χ1n) is 8.21. The fourth-order valence-corrected chi connectivity index (χ4v) is 4.45. The quantitative estimate of drug-likeness (QED) is 0.655. The monoisotopic (exact) mass is 361 g/mol. The van der Waals surface area contributed by atoms with E-state index in [0.29, 0.717) is 24.3 Å². The van der Waals surface area contributed by atoms with Crippen molar-refractivity contribution in [1.29, 1.82) is 0 Å². The molecule has 7 heteroatoms. The van der Waals surface area contributed by atoms with Crippen LogP contribution in [0.25, 0.3) is 0 Å². The molecule has 0 radical (unpaired) electrons. The molecule has 3 rings (SSSR count). The van der Waals surface area contributed by atoms with Crippen LogP contribution in [0.1, 0.15) is 24.8 Å². The summed E-state index contributed by atoms with van der Waals surface area (Å²) in [5.74, 6) is -0.326. The van der Waals surface area contributed by atoms with Gasteiger partial charge in [0.25, 0.3) is 0 Å². The van der Waals surface area contributed by atoms with Crippen molar-refractivity contribution in [2.45, 2.75) is 24.2 Å². The van der Waals surface area contributed by atoms with E-state index in [4.69, 9.17) is 0 Å². The van der Waals surface area contributed by atoms with Gasteiger partial charge in [-0.2, -0.15) is 9.41 Å². The zero-order valence-electron chi connectivity index (χ0n) is 13.7. The van der Waals surface area contributed by atoms with Crippen molar-refractivity contribution in [3.63, 3.8) is 0 Å². The van der Waals surface area contributed by atoms with Gasteiger partial charge in [0.2, 0.25) is 10.0 Å². The molecule has 1 fully saturated rings. The Balaban J connectivity index is 1.80. The molecule has 0 aliphatic carbocycles. The van der Waals surface area contributed by atoms with Crippen LogP contribution in [-0.4, -0.2) is 32.0 Å². The molecule has 0 bridgehead atoms. The molecule has 0 aromatic heterocycles. The molecule has 25 heavy (non-hydrogen) atoms. The molecule has 1 N–H and O–H groups in total. The summed E-state index contributed by atoms with van der Waals surface area (Å²) in [5.41, 5.74) is 3.91. The van der Waals surface area contributed by atoms with Gasteiger partial charge in [0, 0.05) is 18.7 Å². The molecule has 132 valence electrons. The summed E-state index contributed by atoms with van der Waals surface area (Å²) in [5, 5.41) is 4.08. The number of benzene rings is 2. The molecule has 1 heterocycles. The van der Waals surface area contributed by atoms with Gasteiger partial charge in [-0.05, 0) is 43.2 Å². The fourth-order valence-electron chi connectivity index (χ4n) is 2.77. The summed E-state index contributed by atoms with van der Waals surface area (Å²) in [6, 6.07) is 12.6. The van der Waals surface area contributed by atoms with Gasteiger partial charge in [-0.1, -0.05) is 24.6 Å². The van der Waals surface area contributed by atoms with Crippen molar-refractivity contribution >= 4 is 21.9 Å². The number of hydrazone groups is 1. The minimum atomic E-state index is -3.53. The zero-order valence-corrected chi connectivity index (χ0v) is 14.5. The minimum absolute atomic E-state index is 0.251. The number of nitrogens with one attached hydrogen (secondary N) is 1. The number of nitrogens with zero attached hydrogens (tertiary/aromatic N) is 2. The summed E-state index contributed by atoms with van der Waals surface area (Å²) >= 11 is 0. The van der Waals surface area contributed by atoms with E-state index in [-0.39, 0.29) is 10.7 Å². The number of sulfonamides is 1. The predicted octanol–water partition coefficient (Wildman–Crippen LogP) is 3.45. The van der Waals surface area contributed by atoms with Crippen molar-refractivity contribution in [3.05, 3.63) is 59.9 Å². The van der Waals surface area contributed by atoms with Crippen LogP contribution in [0.2, 0.25) is 0 Å². The maximum atomic E-state index is 12.9. The van der Waals surface area contributed by atoms with E-state index >= 15 is 0 Å². The van der Waals surface area contributed by atoms with Gasteiger partial charge < -0.3 is 0 Å². The lowest BCUT2D eigenvalue weighted by molar-refractivity contribution is 0.346. The van der Waals surface area contributed by atoms with Crippen LogP contribution >= 0.6 is 0 Å². The molecule has 1 aliphatic heterocycles. The first kappa shape index (κ1) is 17.6. The Bertz CT molecular complexity index is 845. The van der Waals surface area contributed by atoms with Gasteiger partial charge in [0.15, 0.2) is 0 Å². The maximum absolute atomic E-state index is 12.9. The smallest absolute Gasteiger partial charge is 0.243 e. The summed E-state index contributed by atoms with van der Waals surface area (Å²) in [7, 11) is -3.53. The van der Waals surface area contributed by atoms with Crippen molar-refractivity contribution in [3.8, 4) is 0 Å². The summed E-state index contributed by atoms with van der Waals surface area (Å²) in [6.45, 7) is 1.11. The van der Waals surface area contributed by atoms with Crippen LogP contribution in [-0.2, 0) is 10.0 Å². The number of hydrogen-bond acceptors (Lipinski definition) is 4. The van der Waals surface area contributed by atoms with E-state index in [1.807, 2.05) is 0 Å². The van der Waals surface area contributed by atoms with Crippen LogP contribution < -0.4 is 5.43 Å². The Morgan fingerprint density at radius 3 is 2.40 bits per heavy atom.